The van der Waals surface area contributed by atoms with Crippen LogP contribution in [0.2, 0.25) is 0 Å². The third-order valence-electron chi connectivity index (χ3n) is 4.20. The third kappa shape index (κ3) is 5.68. The van der Waals surface area contributed by atoms with Crippen LogP contribution in [0.1, 0.15) is 24.5 Å². The fourth-order valence-corrected chi connectivity index (χ4v) is 4.02. The normalized spacial score (nSPS) is 15.1. The second kappa shape index (κ2) is 9.71. The van der Waals surface area contributed by atoms with E-state index in [-0.39, 0.29) is 18.4 Å². The van der Waals surface area contributed by atoms with Crippen LogP contribution in [-0.2, 0) is 9.59 Å². The topological polar surface area (TPSA) is 58.6 Å². The molecule has 0 aromatic heterocycles. The van der Waals surface area contributed by atoms with Gasteiger partial charge in [0, 0.05) is 12.2 Å². The minimum absolute atomic E-state index is 0.0463. The maximum absolute atomic E-state index is 12.4. The molecule has 0 bridgehead atoms. The smallest absolute Gasteiger partial charge is 0.266 e. The molecule has 1 N–H and O–H groups in total. The number of aryl methyl sites for hydroxylation is 1. The summed E-state index contributed by atoms with van der Waals surface area (Å²) in [5, 5.41) is 2.79. The van der Waals surface area contributed by atoms with Gasteiger partial charge in [-0.1, -0.05) is 60.7 Å². The summed E-state index contributed by atoms with van der Waals surface area (Å²) in [6.45, 7) is 4.56. The molecule has 1 saturated heterocycles. The van der Waals surface area contributed by atoms with Gasteiger partial charge in [0.25, 0.3) is 11.8 Å². The molecule has 2 aromatic carbocycles. The average Bonchev–Trinajstić information content (AvgIpc) is 2.97. The van der Waals surface area contributed by atoms with Gasteiger partial charge in [-0.3, -0.25) is 14.5 Å². The Morgan fingerprint density at radius 3 is 2.52 bits per heavy atom. The molecule has 1 heterocycles. The van der Waals surface area contributed by atoms with Crippen LogP contribution in [0.25, 0.3) is 6.08 Å². The number of carbonyl (C=O) groups is 2. The van der Waals surface area contributed by atoms with Crippen molar-refractivity contribution < 1.29 is 14.3 Å². The predicted molar refractivity (Wildman–Crippen MR) is 122 cm³/mol. The molecular weight excluding hydrogens is 404 g/mol. The number of thioether (sulfide) groups is 1. The summed E-state index contributed by atoms with van der Waals surface area (Å²) in [5.41, 5.74) is 2.74. The van der Waals surface area contributed by atoms with Gasteiger partial charge in [0.1, 0.15) is 10.1 Å². The molecule has 1 aliphatic rings. The van der Waals surface area contributed by atoms with Gasteiger partial charge in [-0.25, -0.2) is 0 Å². The fraction of sp³-hybridized carbons (Fsp3) is 0.227. The molecule has 0 aliphatic carbocycles. The molecule has 0 spiro atoms. The lowest BCUT2D eigenvalue weighted by Gasteiger charge is -2.11. The van der Waals surface area contributed by atoms with Gasteiger partial charge in [0.15, 0.2) is 6.61 Å². The van der Waals surface area contributed by atoms with E-state index >= 15 is 0 Å². The van der Waals surface area contributed by atoms with Crippen molar-refractivity contribution in [1.82, 2.24) is 4.90 Å². The van der Waals surface area contributed by atoms with Gasteiger partial charge in [-0.2, -0.15) is 0 Å². The highest BCUT2D eigenvalue weighted by atomic mass is 32.2. The zero-order valence-corrected chi connectivity index (χ0v) is 17.9. The molecule has 2 amide bonds. The Morgan fingerprint density at radius 2 is 1.86 bits per heavy atom. The maximum atomic E-state index is 12.4. The zero-order chi connectivity index (χ0) is 20.8. The Bertz CT molecular complexity index is 938. The summed E-state index contributed by atoms with van der Waals surface area (Å²) in [7, 11) is 0. The maximum Gasteiger partial charge on any atom is 0.266 e. The van der Waals surface area contributed by atoms with Gasteiger partial charge in [0.05, 0.1) is 4.91 Å². The highest BCUT2D eigenvalue weighted by Gasteiger charge is 2.31. The summed E-state index contributed by atoms with van der Waals surface area (Å²) >= 11 is 6.60. The van der Waals surface area contributed by atoms with E-state index in [0.717, 1.165) is 23.2 Å². The Labute approximate surface area is 180 Å². The summed E-state index contributed by atoms with van der Waals surface area (Å²) in [5.74, 6) is 0.312. The van der Waals surface area contributed by atoms with Gasteiger partial charge >= 0.3 is 0 Å². The van der Waals surface area contributed by atoms with Crippen LogP contribution < -0.4 is 10.1 Å². The van der Waals surface area contributed by atoms with E-state index in [9.17, 15) is 9.59 Å². The predicted octanol–water partition coefficient (Wildman–Crippen LogP) is 4.62. The fourth-order valence-electron chi connectivity index (χ4n) is 2.71. The standard InChI is InChI=1S/C22H22N2O3S2/c1-3-12-24-21(26)19(29-22(24)28)13-16-6-10-18(11-7-16)27-14-20(25)23-17-8-4-15(2)5-9-17/h4-11,13H,3,12,14H2,1-2H3,(H,23,25)/b19-13-. The first-order valence-electron chi connectivity index (χ1n) is 9.31. The first kappa shape index (κ1) is 21.1. The van der Waals surface area contributed by atoms with E-state index in [2.05, 4.69) is 5.32 Å². The molecular formula is C22H22N2O3S2. The van der Waals surface area contributed by atoms with Crippen LogP contribution in [0.3, 0.4) is 0 Å². The molecule has 0 radical (unpaired) electrons. The molecule has 3 rings (SSSR count). The zero-order valence-electron chi connectivity index (χ0n) is 16.3. The molecule has 1 aliphatic heterocycles. The molecule has 1 fully saturated rings. The van der Waals surface area contributed by atoms with Crippen LogP contribution in [0, 0.1) is 6.92 Å². The van der Waals surface area contributed by atoms with Crippen molar-refractivity contribution in [2.45, 2.75) is 20.3 Å². The lowest BCUT2D eigenvalue weighted by molar-refractivity contribution is -0.122. The highest BCUT2D eigenvalue weighted by Crippen LogP contribution is 2.32. The van der Waals surface area contributed by atoms with Gasteiger partial charge in [0.2, 0.25) is 0 Å². The molecule has 150 valence electrons. The number of nitrogens with one attached hydrogen (secondary N) is 1. The summed E-state index contributed by atoms with van der Waals surface area (Å²) < 4.78 is 6.14. The van der Waals surface area contributed by atoms with E-state index in [0.29, 0.717) is 21.5 Å². The van der Waals surface area contributed by atoms with Crippen molar-refractivity contribution in [2.24, 2.45) is 0 Å². The van der Waals surface area contributed by atoms with Crippen molar-refractivity contribution in [3.8, 4) is 5.75 Å². The first-order chi connectivity index (χ1) is 14.0. The molecule has 0 unspecified atom stereocenters. The van der Waals surface area contributed by atoms with Crippen LogP contribution in [0.4, 0.5) is 5.69 Å². The molecule has 7 heteroatoms. The Hall–Kier alpha value is -2.64. The number of thiocarbonyl (C=S) groups is 1. The van der Waals surface area contributed by atoms with Gasteiger partial charge < -0.3 is 10.1 Å². The van der Waals surface area contributed by atoms with E-state index < -0.39 is 0 Å². The second-order valence-corrected chi connectivity index (χ2v) is 8.28. The van der Waals surface area contributed by atoms with E-state index in [4.69, 9.17) is 17.0 Å². The Balaban J connectivity index is 1.55. The molecule has 29 heavy (non-hydrogen) atoms. The number of benzene rings is 2. The monoisotopic (exact) mass is 426 g/mol. The van der Waals surface area contributed by atoms with Crippen molar-refractivity contribution >= 4 is 51.9 Å². The second-order valence-electron chi connectivity index (χ2n) is 6.61. The van der Waals surface area contributed by atoms with E-state index in [1.165, 1.54) is 11.8 Å². The number of anilines is 1. The van der Waals surface area contributed by atoms with Crippen molar-refractivity contribution in [2.75, 3.05) is 18.5 Å². The lowest BCUT2D eigenvalue weighted by atomic mass is 10.2. The average molecular weight is 427 g/mol. The number of nitrogens with zero attached hydrogens (tertiary/aromatic N) is 1. The van der Waals surface area contributed by atoms with E-state index in [1.807, 2.05) is 56.3 Å². The van der Waals surface area contributed by atoms with Gasteiger partial charge in [-0.15, -0.1) is 0 Å². The van der Waals surface area contributed by atoms with Crippen LogP contribution in [0.15, 0.2) is 53.4 Å². The van der Waals surface area contributed by atoms with Crippen molar-refractivity contribution in [3.05, 3.63) is 64.6 Å². The Kier molecular flexibility index (Phi) is 7.06. The molecule has 2 aromatic rings. The number of rotatable bonds is 7. The summed E-state index contributed by atoms with van der Waals surface area (Å²) in [4.78, 5) is 26.7. The summed E-state index contributed by atoms with van der Waals surface area (Å²) in [6, 6.07) is 14.8. The van der Waals surface area contributed by atoms with Crippen LogP contribution in [0.5, 0.6) is 5.75 Å². The van der Waals surface area contributed by atoms with Gasteiger partial charge in [-0.05, 0) is 49.2 Å². The van der Waals surface area contributed by atoms with Crippen LogP contribution >= 0.6 is 24.0 Å². The van der Waals surface area contributed by atoms with E-state index in [1.54, 1.807) is 17.0 Å². The largest absolute Gasteiger partial charge is 0.484 e. The summed E-state index contributed by atoms with van der Waals surface area (Å²) in [6.07, 6.45) is 2.69. The van der Waals surface area contributed by atoms with Crippen LogP contribution in [-0.4, -0.2) is 34.2 Å². The van der Waals surface area contributed by atoms with Crippen molar-refractivity contribution in [3.63, 3.8) is 0 Å². The minimum atomic E-state index is -0.225. The number of hydrogen-bond donors (Lipinski definition) is 1. The number of hydrogen-bond acceptors (Lipinski definition) is 5. The number of carbonyl (C=O) groups excluding carboxylic acids is 2. The quantitative estimate of drug-likeness (QED) is 0.517. The number of amides is 2. The molecule has 0 atom stereocenters. The molecule has 5 nitrogen and oxygen atoms in total. The number of ether oxygens (including phenoxy) is 1. The minimum Gasteiger partial charge on any atom is -0.484 e. The van der Waals surface area contributed by atoms with Crippen molar-refractivity contribution in [1.29, 1.82) is 0 Å². The molecule has 0 saturated carbocycles. The SMILES string of the molecule is CCCN1C(=O)/C(=C/c2ccc(OCC(=O)Nc3ccc(C)cc3)cc2)SC1=S. The Morgan fingerprint density at radius 1 is 1.17 bits per heavy atom. The highest BCUT2D eigenvalue weighted by molar-refractivity contribution is 8.26. The first-order valence-corrected chi connectivity index (χ1v) is 10.5. The third-order valence-corrected chi connectivity index (χ3v) is 5.58. The lowest BCUT2D eigenvalue weighted by Crippen LogP contribution is -2.28.